The molecule has 0 saturated carbocycles. The molecule has 0 unspecified atom stereocenters. The van der Waals surface area contributed by atoms with Gasteiger partial charge in [-0.15, -0.1) is 11.3 Å². The highest BCUT2D eigenvalue weighted by molar-refractivity contribution is 7.11. The third-order valence-corrected chi connectivity index (χ3v) is 4.45. The Balaban J connectivity index is 1.82. The fraction of sp³-hybridized carbons (Fsp3) is 0.643. The van der Waals surface area contributed by atoms with E-state index in [1.807, 2.05) is 10.3 Å². The van der Waals surface area contributed by atoms with Gasteiger partial charge in [0, 0.05) is 24.5 Å². The first-order chi connectivity index (χ1) is 9.95. The van der Waals surface area contributed by atoms with Gasteiger partial charge in [0.1, 0.15) is 0 Å². The van der Waals surface area contributed by atoms with E-state index >= 15 is 0 Å². The normalized spacial score (nSPS) is 17.1. The fourth-order valence-corrected chi connectivity index (χ4v) is 3.21. The molecule has 0 bridgehead atoms. The van der Waals surface area contributed by atoms with Crippen molar-refractivity contribution in [3.63, 3.8) is 0 Å². The molecular weight excluding hydrogens is 290 g/mol. The molecule has 0 spiro atoms. The van der Waals surface area contributed by atoms with Crippen LogP contribution < -0.4 is 5.32 Å². The number of carbonyl (C=O) groups excluding carboxylic acids is 1. The van der Waals surface area contributed by atoms with Crippen LogP contribution in [-0.2, 0) is 4.79 Å². The summed E-state index contributed by atoms with van der Waals surface area (Å²) in [6.07, 6.45) is 1.56. The molecule has 1 aromatic heterocycles. The third-order valence-electron chi connectivity index (χ3n) is 3.59. The smallest absolute Gasteiger partial charge is 0.317 e. The number of hydrogen-bond acceptors (Lipinski definition) is 5. The van der Waals surface area contributed by atoms with Crippen LogP contribution in [0, 0.1) is 0 Å². The molecule has 1 saturated heterocycles. The number of rotatable bonds is 5. The molecule has 1 aliphatic rings. The first-order valence-corrected chi connectivity index (χ1v) is 8.04. The number of aromatic nitrogens is 1. The predicted molar refractivity (Wildman–Crippen MR) is 80.8 cm³/mol. The van der Waals surface area contributed by atoms with Gasteiger partial charge in [-0.1, -0.05) is 13.8 Å². The molecule has 2 heterocycles. The Labute approximate surface area is 128 Å². The van der Waals surface area contributed by atoms with Gasteiger partial charge in [-0.3, -0.25) is 14.5 Å². The Hall–Kier alpha value is -1.47. The van der Waals surface area contributed by atoms with Crippen molar-refractivity contribution < 1.29 is 14.7 Å². The summed E-state index contributed by atoms with van der Waals surface area (Å²) in [6, 6.07) is 0.106. The molecule has 0 atom stereocenters. The monoisotopic (exact) mass is 311 g/mol. The Morgan fingerprint density at radius 3 is 2.67 bits per heavy atom. The topological polar surface area (TPSA) is 82.5 Å². The van der Waals surface area contributed by atoms with Crippen LogP contribution in [0.15, 0.2) is 5.38 Å². The summed E-state index contributed by atoms with van der Waals surface area (Å²) in [7, 11) is 0. The van der Waals surface area contributed by atoms with E-state index < -0.39 is 5.97 Å². The van der Waals surface area contributed by atoms with Gasteiger partial charge in [-0.25, -0.2) is 4.98 Å². The molecule has 1 amide bonds. The molecule has 0 radical (unpaired) electrons. The summed E-state index contributed by atoms with van der Waals surface area (Å²) in [5.74, 6) is -0.605. The maximum atomic E-state index is 12.1. The number of thiazole rings is 1. The number of carboxylic acid groups (broad SMARTS) is 1. The molecule has 1 aliphatic heterocycles. The number of piperidine rings is 1. The van der Waals surface area contributed by atoms with Crippen molar-refractivity contribution in [2.45, 2.75) is 38.6 Å². The van der Waals surface area contributed by atoms with Gasteiger partial charge in [0.05, 0.1) is 12.2 Å². The zero-order valence-corrected chi connectivity index (χ0v) is 13.2. The van der Waals surface area contributed by atoms with Crippen LogP contribution in [0.2, 0.25) is 0 Å². The summed E-state index contributed by atoms with van der Waals surface area (Å²) in [5.41, 5.74) is 0.946. The maximum absolute atomic E-state index is 12.1. The number of carboxylic acids is 1. The molecule has 1 aromatic rings. The molecular formula is C14H21N3O3S. The van der Waals surface area contributed by atoms with E-state index in [1.54, 1.807) is 0 Å². The van der Waals surface area contributed by atoms with Crippen molar-refractivity contribution in [3.05, 3.63) is 16.1 Å². The van der Waals surface area contributed by atoms with Gasteiger partial charge >= 0.3 is 5.97 Å². The van der Waals surface area contributed by atoms with Crippen molar-refractivity contribution in [1.29, 1.82) is 0 Å². The highest BCUT2D eigenvalue weighted by atomic mass is 32.1. The Bertz CT molecular complexity index is 507. The second-order valence-corrected chi connectivity index (χ2v) is 6.51. The Kier molecular flexibility index (Phi) is 5.30. The lowest BCUT2D eigenvalue weighted by Crippen LogP contribution is -2.45. The number of nitrogens with one attached hydrogen (secondary N) is 1. The number of aliphatic carboxylic acids is 1. The van der Waals surface area contributed by atoms with Crippen LogP contribution in [-0.4, -0.2) is 52.5 Å². The quantitative estimate of drug-likeness (QED) is 0.862. The minimum atomic E-state index is -0.804. The molecule has 0 aromatic carbocycles. The van der Waals surface area contributed by atoms with E-state index in [9.17, 15) is 9.59 Å². The van der Waals surface area contributed by atoms with Crippen LogP contribution >= 0.6 is 11.3 Å². The summed E-state index contributed by atoms with van der Waals surface area (Å²) in [6.45, 7) is 5.58. The van der Waals surface area contributed by atoms with E-state index in [1.165, 1.54) is 11.3 Å². The third kappa shape index (κ3) is 4.50. The highest BCUT2D eigenvalue weighted by Crippen LogP contribution is 2.18. The van der Waals surface area contributed by atoms with Gasteiger partial charge in [0.2, 0.25) is 0 Å². The SMILES string of the molecule is CC(C)c1csc(C(=O)NC2CCN(CC(=O)O)CC2)n1. The van der Waals surface area contributed by atoms with Crippen LogP contribution in [0.1, 0.15) is 48.1 Å². The molecule has 6 nitrogen and oxygen atoms in total. The lowest BCUT2D eigenvalue weighted by Gasteiger charge is -2.30. The molecule has 21 heavy (non-hydrogen) atoms. The average Bonchev–Trinajstić information content (AvgIpc) is 2.90. The second kappa shape index (κ2) is 7.00. The van der Waals surface area contributed by atoms with Gasteiger partial charge in [-0.2, -0.15) is 0 Å². The van der Waals surface area contributed by atoms with Gasteiger partial charge in [0.15, 0.2) is 5.01 Å². The largest absolute Gasteiger partial charge is 0.480 e. The van der Waals surface area contributed by atoms with Crippen LogP contribution in [0.25, 0.3) is 0 Å². The van der Waals surface area contributed by atoms with E-state index in [0.29, 0.717) is 24.0 Å². The number of nitrogens with zero attached hydrogens (tertiary/aromatic N) is 2. The molecule has 1 fully saturated rings. The van der Waals surface area contributed by atoms with Crippen LogP contribution in [0.5, 0.6) is 0 Å². The fourth-order valence-electron chi connectivity index (χ4n) is 2.33. The van der Waals surface area contributed by atoms with Crippen molar-refractivity contribution in [2.24, 2.45) is 0 Å². The summed E-state index contributed by atoms with van der Waals surface area (Å²) >= 11 is 1.37. The second-order valence-electron chi connectivity index (χ2n) is 5.65. The molecule has 0 aliphatic carbocycles. The Morgan fingerprint density at radius 1 is 1.48 bits per heavy atom. The van der Waals surface area contributed by atoms with E-state index in [4.69, 9.17) is 5.11 Å². The molecule has 7 heteroatoms. The predicted octanol–water partition coefficient (Wildman–Crippen LogP) is 1.55. The molecule has 116 valence electrons. The minimum Gasteiger partial charge on any atom is -0.480 e. The van der Waals surface area contributed by atoms with Crippen molar-refractivity contribution >= 4 is 23.2 Å². The number of carbonyl (C=O) groups is 2. The van der Waals surface area contributed by atoms with E-state index in [-0.39, 0.29) is 18.5 Å². The zero-order chi connectivity index (χ0) is 15.4. The lowest BCUT2D eigenvalue weighted by molar-refractivity contribution is -0.138. The van der Waals surface area contributed by atoms with Gasteiger partial charge in [0.25, 0.3) is 5.91 Å². The van der Waals surface area contributed by atoms with Crippen molar-refractivity contribution in [3.8, 4) is 0 Å². The minimum absolute atomic E-state index is 0.0743. The lowest BCUT2D eigenvalue weighted by atomic mass is 10.1. The number of likely N-dealkylation sites (tertiary alicyclic amines) is 1. The van der Waals surface area contributed by atoms with Crippen molar-refractivity contribution in [1.82, 2.24) is 15.2 Å². The van der Waals surface area contributed by atoms with Gasteiger partial charge < -0.3 is 10.4 Å². The summed E-state index contributed by atoms with van der Waals surface area (Å²) in [4.78, 5) is 29.0. The van der Waals surface area contributed by atoms with Crippen LogP contribution in [0.4, 0.5) is 0 Å². The van der Waals surface area contributed by atoms with Crippen LogP contribution in [0.3, 0.4) is 0 Å². The maximum Gasteiger partial charge on any atom is 0.317 e. The molecule has 2 rings (SSSR count). The van der Waals surface area contributed by atoms with Crippen molar-refractivity contribution in [2.75, 3.05) is 19.6 Å². The molecule has 2 N–H and O–H groups in total. The standard InChI is InChI=1S/C14H21N3O3S/c1-9(2)11-8-21-14(16-11)13(20)15-10-3-5-17(6-4-10)7-12(18)19/h8-10H,3-7H2,1-2H3,(H,15,20)(H,18,19). The summed E-state index contributed by atoms with van der Waals surface area (Å²) < 4.78 is 0. The zero-order valence-electron chi connectivity index (χ0n) is 12.3. The Morgan fingerprint density at radius 2 is 2.14 bits per heavy atom. The van der Waals surface area contributed by atoms with Gasteiger partial charge in [-0.05, 0) is 18.8 Å². The number of amides is 1. The number of hydrogen-bond donors (Lipinski definition) is 2. The average molecular weight is 311 g/mol. The van der Waals surface area contributed by atoms with E-state index in [2.05, 4.69) is 24.1 Å². The summed E-state index contributed by atoms with van der Waals surface area (Å²) in [5, 5.41) is 14.2. The van der Waals surface area contributed by atoms with E-state index in [0.717, 1.165) is 18.5 Å². The first-order valence-electron chi connectivity index (χ1n) is 7.16. The first kappa shape index (κ1) is 15.9. The highest BCUT2D eigenvalue weighted by Gasteiger charge is 2.23.